The van der Waals surface area contributed by atoms with Crippen molar-refractivity contribution >= 4 is 0 Å². The molecule has 0 saturated heterocycles. The summed E-state index contributed by atoms with van der Waals surface area (Å²) >= 11 is 0. The Balaban J connectivity index is 1.56. The van der Waals surface area contributed by atoms with Gasteiger partial charge in [-0.2, -0.15) is 0 Å². The Kier molecular flexibility index (Phi) is 4.06. The summed E-state index contributed by atoms with van der Waals surface area (Å²) in [7, 11) is 0. The van der Waals surface area contributed by atoms with Crippen molar-refractivity contribution in [2.75, 3.05) is 0 Å². The third kappa shape index (κ3) is 3.42. The van der Waals surface area contributed by atoms with Gasteiger partial charge in [0.25, 0.3) is 0 Å². The van der Waals surface area contributed by atoms with Gasteiger partial charge in [0.15, 0.2) is 5.82 Å². The number of aromatic nitrogens is 4. The largest absolute Gasteiger partial charge is 0.307 e. The smallest absolute Gasteiger partial charge is 0.165 e. The minimum Gasteiger partial charge on any atom is -0.307 e. The summed E-state index contributed by atoms with van der Waals surface area (Å²) in [6.45, 7) is 2.95. The Morgan fingerprint density at radius 2 is 2.10 bits per heavy atom. The van der Waals surface area contributed by atoms with Crippen molar-refractivity contribution in [3.05, 3.63) is 41.7 Å². The molecule has 1 aromatic carbocycles. The zero-order valence-electron chi connectivity index (χ0n) is 11.9. The first kappa shape index (κ1) is 13.2. The average Bonchev–Trinajstić information content (AvgIpc) is 3.20. The van der Waals surface area contributed by atoms with Crippen LogP contribution in [0.4, 0.5) is 0 Å². The van der Waals surface area contributed by atoms with E-state index in [1.807, 2.05) is 4.68 Å². The molecule has 106 valence electrons. The quantitative estimate of drug-likeness (QED) is 0.838. The van der Waals surface area contributed by atoms with E-state index in [0.717, 1.165) is 25.2 Å². The standard InChI is InChI=1S/C15H21N5/c1-12(7-8-13-5-3-2-4-6-13)20-15(17-18-19-20)11-16-14-9-10-14/h2-6,12,14,16H,7-11H2,1H3. The summed E-state index contributed by atoms with van der Waals surface area (Å²) in [6, 6.07) is 11.6. The number of tetrazole rings is 1. The van der Waals surface area contributed by atoms with E-state index in [4.69, 9.17) is 0 Å². The number of rotatable bonds is 7. The van der Waals surface area contributed by atoms with Gasteiger partial charge in [-0.3, -0.25) is 0 Å². The van der Waals surface area contributed by atoms with Crippen molar-refractivity contribution < 1.29 is 0 Å². The number of benzene rings is 1. The molecule has 1 fully saturated rings. The van der Waals surface area contributed by atoms with Crippen LogP contribution in [-0.2, 0) is 13.0 Å². The monoisotopic (exact) mass is 271 g/mol. The van der Waals surface area contributed by atoms with E-state index in [1.54, 1.807) is 0 Å². The van der Waals surface area contributed by atoms with Gasteiger partial charge >= 0.3 is 0 Å². The van der Waals surface area contributed by atoms with Gasteiger partial charge in [-0.15, -0.1) is 5.10 Å². The van der Waals surface area contributed by atoms with Crippen molar-refractivity contribution in [1.29, 1.82) is 0 Å². The van der Waals surface area contributed by atoms with Crippen LogP contribution in [0.1, 0.15) is 43.6 Å². The molecule has 0 radical (unpaired) electrons. The molecule has 0 amide bonds. The van der Waals surface area contributed by atoms with Gasteiger partial charge in [0, 0.05) is 6.04 Å². The van der Waals surface area contributed by atoms with Crippen LogP contribution in [0.3, 0.4) is 0 Å². The minimum atomic E-state index is 0.321. The van der Waals surface area contributed by atoms with Crippen molar-refractivity contribution in [2.45, 2.75) is 51.2 Å². The Morgan fingerprint density at radius 1 is 1.30 bits per heavy atom. The molecule has 1 N–H and O–H groups in total. The van der Waals surface area contributed by atoms with Crippen LogP contribution in [0, 0.1) is 0 Å². The molecule has 1 aliphatic rings. The molecule has 1 unspecified atom stereocenters. The molecule has 1 heterocycles. The lowest BCUT2D eigenvalue weighted by molar-refractivity contribution is 0.426. The second kappa shape index (κ2) is 6.13. The van der Waals surface area contributed by atoms with Crippen LogP contribution in [0.15, 0.2) is 30.3 Å². The predicted molar refractivity (Wildman–Crippen MR) is 77.2 cm³/mol. The maximum Gasteiger partial charge on any atom is 0.165 e. The maximum absolute atomic E-state index is 4.14. The molecule has 2 aromatic rings. The predicted octanol–water partition coefficient (Wildman–Crippen LogP) is 2.12. The first-order valence-corrected chi connectivity index (χ1v) is 7.37. The van der Waals surface area contributed by atoms with Gasteiger partial charge in [-0.25, -0.2) is 4.68 Å². The van der Waals surface area contributed by atoms with Gasteiger partial charge in [-0.05, 0) is 48.6 Å². The van der Waals surface area contributed by atoms with Crippen LogP contribution in [0.2, 0.25) is 0 Å². The third-order valence-electron chi connectivity index (χ3n) is 3.80. The maximum atomic E-state index is 4.14. The topological polar surface area (TPSA) is 55.6 Å². The molecule has 1 aromatic heterocycles. The second-order valence-corrected chi connectivity index (χ2v) is 5.57. The fourth-order valence-electron chi connectivity index (χ4n) is 2.34. The van der Waals surface area contributed by atoms with Crippen LogP contribution in [-0.4, -0.2) is 26.2 Å². The van der Waals surface area contributed by atoms with Crippen LogP contribution in [0.5, 0.6) is 0 Å². The fraction of sp³-hybridized carbons (Fsp3) is 0.533. The van der Waals surface area contributed by atoms with E-state index in [1.165, 1.54) is 18.4 Å². The van der Waals surface area contributed by atoms with E-state index in [2.05, 4.69) is 58.1 Å². The Labute approximate surface area is 119 Å². The molecule has 0 spiro atoms. The highest BCUT2D eigenvalue weighted by molar-refractivity contribution is 5.14. The van der Waals surface area contributed by atoms with Crippen molar-refractivity contribution in [3.63, 3.8) is 0 Å². The summed E-state index contributed by atoms with van der Waals surface area (Å²) in [6.07, 6.45) is 4.67. The van der Waals surface area contributed by atoms with E-state index in [0.29, 0.717) is 12.1 Å². The lowest BCUT2D eigenvalue weighted by atomic mass is 10.1. The molecule has 0 aliphatic heterocycles. The molecule has 5 nitrogen and oxygen atoms in total. The van der Waals surface area contributed by atoms with E-state index in [9.17, 15) is 0 Å². The second-order valence-electron chi connectivity index (χ2n) is 5.57. The Hall–Kier alpha value is -1.75. The van der Waals surface area contributed by atoms with Crippen molar-refractivity contribution in [3.8, 4) is 0 Å². The number of nitrogens with one attached hydrogen (secondary N) is 1. The van der Waals surface area contributed by atoms with E-state index >= 15 is 0 Å². The summed E-state index contributed by atoms with van der Waals surface area (Å²) in [4.78, 5) is 0. The number of nitrogens with zero attached hydrogens (tertiary/aromatic N) is 4. The highest BCUT2D eigenvalue weighted by atomic mass is 15.6. The molecule has 1 atom stereocenters. The van der Waals surface area contributed by atoms with Crippen LogP contribution >= 0.6 is 0 Å². The Morgan fingerprint density at radius 3 is 2.85 bits per heavy atom. The summed E-state index contributed by atoms with van der Waals surface area (Å²) in [5.74, 6) is 0.942. The van der Waals surface area contributed by atoms with Gasteiger partial charge in [0.1, 0.15) is 0 Å². The van der Waals surface area contributed by atoms with Gasteiger partial charge in [0.2, 0.25) is 0 Å². The SMILES string of the molecule is CC(CCc1ccccc1)n1nnnc1CNC1CC1. The zero-order chi connectivity index (χ0) is 13.8. The van der Waals surface area contributed by atoms with Crippen LogP contribution in [0.25, 0.3) is 0 Å². The normalized spacial score (nSPS) is 16.2. The van der Waals surface area contributed by atoms with Crippen molar-refractivity contribution in [1.82, 2.24) is 25.5 Å². The first-order valence-electron chi connectivity index (χ1n) is 7.37. The molecular formula is C15H21N5. The van der Waals surface area contributed by atoms with Gasteiger partial charge < -0.3 is 5.32 Å². The summed E-state index contributed by atoms with van der Waals surface area (Å²) < 4.78 is 1.96. The highest BCUT2D eigenvalue weighted by Gasteiger charge is 2.22. The number of hydrogen-bond donors (Lipinski definition) is 1. The first-order chi connectivity index (χ1) is 9.83. The molecule has 1 aliphatic carbocycles. The van der Waals surface area contributed by atoms with Crippen molar-refractivity contribution in [2.24, 2.45) is 0 Å². The lowest BCUT2D eigenvalue weighted by Crippen LogP contribution is -2.21. The highest BCUT2D eigenvalue weighted by Crippen LogP contribution is 2.20. The third-order valence-corrected chi connectivity index (χ3v) is 3.80. The summed E-state index contributed by atoms with van der Waals surface area (Å²) in [5, 5.41) is 15.6. The minimum absolute atomic E-state index is 0.321. The van der Waals surface area contributed by atoms with Crippen LogP contribution < -0.4 is 5.32 Å². The molecule has 5 heteroatoms. The van der Waals surface area contributed by atoms with E-state index in [-0.39, 0.29) is 0 Å². The summed E-state index contributed by atoms with van der Waals surface area (Å²) in [5.41, 5.74) is 1.37. The molecular weight excluding hydrogens is 250 g/mol. The van der Waals surface area contributed by atoms with E-state index < -0.39 is 0 Å². The Bertz CT molecular complexity index is 532. The fourth-order valence-corrected chi connectivity index (χ4v) is 2.34. The average molecular weight is 271 g/mol. The number of hydrogen-bond acceptors (Lipinski definition) is 4. The van der Waals surface area contributed by atoms with Gasteiger partial charge in [-0.1, -0.05) is 30.3 Å². The molecule has 1 saturated carbocycles. The molecule has 3 rings (SSSR count). The zero-order valence-corrected chi connectivity index (χ0v) is 11.9. The van der Waals surface area contributed by atoms with Gasteiger partial charge in [0.05, 0.1) is 12.6 Å². The molecule has 0 bridgehead atoms. The molecule has 20 heavy (non-hydrogen) atoms. The lowest BCUT2D eigenvalue weighted by Gasteiger charge is -2.13. The number of aryl methyl sites for hydroxylation is 1.